The van der Waals surface area contributed by atoms with E-state index in [1.165, 1.54) is 19.1 Å². The molecule has 0 aromatic heterocycles. The Hall–Kier alpha value is -2.88. The molecule has 24 heavy (non-hydrogen) atoms. The minimum atomic E-state index is -1.03. The minimum Gasteiger partial charge on any atom is -0.452 e. The fourth-order valence-corrected chi connectivity index (χ4v) is 1.77. The molecule has 0 bridgehead atoms. The Morgan fingerprint density at radius 1 is 1.33 bits per heavy atom. The standard InChI is InChI=1S/C17H21N3O4/c1-11(2)17(4,10-18)20-15(22)9-24-16(23)13-6-5-7-14(8-13)19-12(3)21/h5-8,11H,9H2,1-4H3,(H,19,21)(H,20,22)/t17-/m1/s1. The molecular formula is C17H21N3O4. The molecule has 128 valence electrons. The second-order valence-corrected chi connectivity index (χ2v) is 5.86. The van der Waals surface area contributed by atoms with Crippen molar-refractivity contribution in [2.75, 3.05) is 11.9 Å². The summed E-state index contributed by atoms with van der Waals surface area (Å²) in [5.41, 5.74) is -0.367. The van der Waals surface area contributed by atoms with Gasteiger partial charge in [-0.1, -0.05) is 19.9 Å². The van der Waals surface area contributed by atoms with Crippen LogP contribution in [-0.2, 0) is 14.3 Å². The van der Waals surface area contributed by atoms with Crippen molar-refractivity contribution in [2.24, 2.45) is 5.92 Å². The Bertz CT molecular complexity index is 679. The maximum atomic E-state index is 12.0. The monoisotopic (exact) mass is 331 g/mol. The van der Waals surface area contributed by atoms with Gasteiger partial charge >= 0.3 is 5.97 Å². The fourth-order valence-electron chi connectivity index (χ4n) is 1.77. The molecule has 1 aromatic carbocycles. The highest BCUT2D eigenvalue weighted by Gasteiger charge is 2.30. The van der Waals surface area contributed by atoms with Crippen LogP contribution in [0.2, 0.25) is 0 Å². The highest BCUT2D eigenvalue weighted by molar-refractivity contribution is 5.94. The molecule has 0 heterocycles. The number of carbonyl (C=O) groups excluding carboxylic acids is 3. The van der Waals surface area contributed by atoms with Gasteiger partial charge in [0.1, 0.15) is 5.54 Å². The van der Waals surface area contributed by atoms with Crippen molar-refractivity contribution >= 4 is 23.5 Å². The third kappa shape index (κ3) is 5.39. The molecule has 0 aliphatic rings. The van der Waals surface area contributed by atoms with E-state index in [4.69, 9.17) is 10.00 Å². The maximum absolute atomic E-state index is 12.0. The second-order valence-electron chi connectivity index (χ2n) is 5.86. The molecule has 0 fully saturated rings. The molecule has 0 spiro atoms. The molecule has 2 amide bonds. The Morgan fingerprint density at radius 3 is 2.54 bits per heavy atom. The summed E-state index contributed by atoms with van der Waals surface area (Å²) in [4.78, 5) is 34.9. The third-order valence-electron chi connectivity index (χ3n) is 3.54. The Morgan fingerprint density at radius 2 is 2.00 bits per heavy atom. The quantitative estimate of drug-likeness (QED) is 0.773. The Kier molecular flexibility index (Phi) is 6.48. The van der Waals surface area contributed by atoms with Crippen molar-refractivity contribution in [3.05, 3.63) is 29.8 Å². The number of hydrogen-bond donors (Lipinski definition) is 2. The summed E-state index contributed by atoms with van der Waals surface area (Å²) in [5.74, 6) is -1.61. The molecule has 0 aliphatic carbocycles. The number of anilines is 1. The van der Waals surface area contributed by atoms with Crippen molar-refractivity contribution in [1.29, 1.82) is 5.26 Å². The molecule has 0 saturated carbocycles. The highest BCUT2D eigenvalue weighted by atomic mass is 16.5. The lowest BCUT2D eigenvalue weighted by Gasteiger charge is -2.27. The van der Waals surface area contributed by atoms with Crippen LogP contribution in [0.3, 0.4) is 0 Å². The number of benzene rings is 1. The van der Waals surface area contributed by atoms with Crippen LogP contribution in [0.15, 0.2) is 24.3 Å². The van der Waals surface area contributed by atoms with E-state index in [-0.39, 0.29) is 17.4 Å². The van der Waals surface area contributed by atoms with Crippen LogP contribution in [0, 0.1) is 17.2 Å². The number of rotatable bonds is 6. The summed E-state index contributed by atoms with van der Waals surface area (Å²) >= 11 is 0. The number of esters is 1. The molecule has 7 nitrogen and oxygen atoms in total. The first-order valence-corrected chi connectivity index (χ1v) is 7.45. The van der Waals surface area contributed by atoms with Crippen LogP contribution in [-0.4, -0.2) is 29.9 Å². The summed E-state index contributed by atoms with van der Waals surface area (Å²) in [6.45, 7) is 6.09. The molecule has 0 saturated heterocycles. The lowest BCUT2D eigenvalue weighted by atomic mass is 9.90. The molecule has 2 N–H and O–H groups in total. The normalized spacial score (nSPS) is 12.7. The van der Waals surface area contributed by atoms with E-state index in [0.717, 1.165) is 0 Å². The lowest BCUT2D eigenvalue weighted by Crippen LogP contribution is -2.50. The fraction of sp³-hybridized carbons (Fsp3) is 0.412. The van der Waals surface area contributed by atoms with Gasteiger partial charge in [0.2, 0.25) is 5.91 Å². The largest absolute Gasteiger partial charge is 0.452 e. The molecule has 0 unspecified atom stereocenters. The van der Waals surface area contributed by atoms with Gasteiger partial charge < -0.3 is 15.4 Å². The summed E-state index contributed by atoms with van der Waals surface area (Å²) in [6, 6.07) is 8.23. The van der Waals surface area contributed by atoms with Crippen LogP contribution in [0.4, 0.5) is 5.69 Å². The molecule has 7 heteroatoms. The Balaban J connectivity index is 2.65. The van der Waals surface area contributed by atoms with E-state index >= 15 is 0 Å². The topological polar surface area (TPSA) is 108 Å². The zero-order valence-corrected chi connectivity index (χ0v) is 14.2. The first kappa shape index (κ1) is 19.2. The zero-order chi connectivity index (χ0) is 18.3. The molecule has 0 aliphatic heterocycles. The van der Waals surface area contributed by atoms with Gasteiger partial charge in [0.05, 0.1) is 11.6 Å². The first-order valence-electron chi connectivity index (χ1n) is 7.45. The van der Waals surface area contributed by atoms with Gasteiger partial charge in [0.15, 0.2) is 6.61 Å². The van der Waals surface area contributed by atoms with Gasteiger partial charge in [-0.15, -0.1) is 0 Å². The number of ether oxygens (including phenoxy) is 1. The van der Waals surface area contributed by atoms with Crippen molar-refractivity contribution in [3.8, 4) is 6.07 Å². The smallest absolute Gasteiger partial charge is 0.338 e. The molecular weight excluding hydrogens is 310 g/mol. The molecule has 1 atom stereocenters. The van der Waals surface area contributed by atoms with Gasteiger partial charge in [0.25, 0.3) is 5.91 Å². The lowest BCUT2D eigenvalue weighted by molar-refractivity contribution is -0.125. The number of hydrogen-bond acceptors (Lipinski definition) is 5. The van der Waals surface area contributed by atoms with Crippen molar-refractivity contribution in [3.63, 3.8) is 0 Å². The number of nitrogens with one attached hydrogen (secondary N) is 2. The van der Waals surface area contributed by atoms with E-state index in [0.29, 0.717) is 5.69 Å². The van der Waals surface area contributed by atoms with E-state index in [9.17, 15) is 14.4 Å². The van der Waals surface area contributed by atoms with E-state index < -0.39 is 24.0 Å². The van der Waals surface area contributed by atoms with Crippen LogP contribution in [0.25, 0.3) is 0 Å². The predicted octanol–water partition coefficient (Wildman–Crippen LogP) is 1.86. The Labute approximate surface area is 141 Å². The minimum absolute atomic E-state index is 0.100. The molecule has 0 radical (unpaired) electrons. The first-order chi connectivity index (χ1) is 11.2. The zero-order valence-electron chi connectivity index (χ0n) is 14.2. The number of amides is 2. The van der Waals surface area contributed by atoms with E-state index in [1.54, 1.807) is 19.1 Å². The van der Waals surface area contributed by atoms with Crippen molar-refractivity contribution in [1.82, 2.24) is 5.32 Å². The van der Waals surface area contributed by atoms with E-state index in [1.807, 2.05) is 19.9 Å². The van der Waals surface area contributed by atoms with Gasteiger partial charge in [-0.2, -0.15) is 5.26 Å². The average Bonchev–Trinajstić information content (AvgIpc) is 2.51. The van der Waals surface area contributed by atoms with Crippen molar-refractivity contribution < 1.29 is 19.1 Å². The highest BCUT2D eigenvalue weighted by Crippen LogP contribution is 2.15. The summed E-state index contributed by atoms with van der Waals surface area (Å²) in [6.07, 6.45) is 0. The van der Waals surface area contributed by atoms with Crippen LogP contribution in [0.5, 0.6) is 0 Å². The number of nitrogens with zero attached hydrogens (tertiary/aromatic N) is 1. The molecule has 1 aromatic rings. The second kappa shape index (κ2) is 8.11. The van der Waals surface area contributed by atoms with Crippen molar-refractivity contribution in [2.45, 2.75) is 33.2 Å². The van der Waals surface area contributed by atoms with Crippen LogP contribution >= 0.6 is 0 Å². The summed E-state index contributed by atoms with van der Waals surface area (Å²) in [5, 5.41) is 14.3. The van der Waals surface area contributed by atoms with Gasteiger partial charge in [-0.05, 0) is 31.0 Å². The summed E-state index contributed by atoms with van der Waals surface area (Å²) in [7, 11) is 0. The number of carbonyl (C=O) groups is 3. The van der Waals surface area contributed by atoms with Crippen LogP contribution < -0.4 is 10.6 Å². The number of nitriles is 1. The SMILES string of the molecule is CC(=O)Nc1cccc(C(=O)OCC(=O)N[C@](C)(C#N)C(C)C)c1. The average molecular weight is 331 g/mol. The van der Waals surface area contributed by atoms with Crippen LogP contribution in [0.1, 0.15) is 38.1 Å². The molecule has 1 rings (SSSR count). The van der Waals surface area contributed by atoms with E-state index in [2.05, 4.69) is 10.6 Å². The predicted molar refractivity (Wildman–Crippen MR) is 88.0 cm³/mol. The summed E-state index contributed by atoms with van der Waals surface area (Å²) < 4.78 is 4.95. The van der Waals surface area contributed by atoms with Gasteiger partial charge in [-0.25, -0.2) is 4.79 Å². The van der Waals surface area contributed by atoms with Gasteiger partial charge in [0, 0.05) is 12.6 Å². The maximum Gasteiger partial charge on any atom is 0.338 e. The van der Waals surface area contributed by atoms with Gasteiger partial charge in [-0.3, -0.25) is 9.59 Å². The third-order valence-corrected chi connectivity index (χ3v) is 3.54.